The summed E-state index contributed by atoms with van der Waals surface area (Å²) in [5.74, 6) is -0.527. The Labute approximate surface area is 167 Å². The second-order valence-electron chi connectivity index (χ2n) is 6.59. The highest BCUT2D eigenvalue weighted by molar-refractivity contribution is 6.08. The van der Waals surface area contributed by atoms with E-state index < -0.39 is 18.5 Å². The summed E-state index contributed by atoms with van der Waals surface area (Å²) < 4.78 is 16.4. The Kier molecular flexibility index (Phi) is 4.91. The van der Waals surface area contributed by atoms with Crippen LogP contribution in [0.4, 0.5) is 5.69 Å². The standard InChI is InChI=1S/C23H19NO5/c1-14-7-3-4-8-15(14)23(26)28-13-22(25)24-18-12-20-17(11-21(18)27-2)16-9-5-6-10-19(16)29-20/h3-12H,13H2,1-2H3,(H,24,25). The maximum atomic E-state index is 12.3. The number of esters is 1. The van der Waals surface area contributed by atoms with Gasteiger partial charge < -0.3 is 19.2 Å². The number of fused-ring (bicyclic) bond motifs is 3. The first kappa shape index (κ1) is 18.6. The van der Waals surface area contributed by atoms with Crippen molar-refractivity contribution in [3.63, 3.8) is 0 Å². The Morgan fingerprint density at radius 1 is 0.966 bits per heavy atom. The first-order chi connectivity index (χ1) is 14.1. The van der Waals surface area contributed by atoms with Crippen LogP contribution < -0.4 is 10.1 Å². The molecule has 4 aromatic rings. The molecule has 0 aliphatic rings. The molecule has 6 nitrogen and oxygen atoms in total. The fraction of sp³-hybridized carbons (Fsp3) is 0.130. The van der Waals surface area contributed by atoms with Crippen LogP contribution in [-0.4, -0.2) is 25.6 Å². The summed E-state index contributed by atoms with van der Waals surface area (Å²) in [5, 5.41) is 4.57. The first-order valence-electron chi connectivity index (χ1n) is 9.08. The number of carbonyl (C=O) groups excluding carboxylic acids is 2. The van der Waals surface area contributed by atoms with Gasteiger partial charge in [0.05, 0.1) is 18.4 Å². The van der Waals surface area contributed by atoms with Crippen LogP contribution in [0.25, 0.3) is 21.9 Å². The maximum absolute atomic E-state index is 12.3. The lowest BCUT2D eigenvalue weighted by Crippen LogP contribution is -2.21. The van der Waals surface area contributed by atoms with Gasteiger partial charge in [-0.1, -0.05) is 36.4 Å². The molecular weight excluding hydrogens is 370 g/mol. The summed E-state index contributed by atoms with van der Waals surface area (Å²) in [5.41, 5.74) is 3.03. The van der Waals surface area contributed by atoms with Gasteiger partial charge in [-0.3, -0.25) is 4.79 Å². The van der Waals surface area contributed by atoms with E-state index in [0.29, 0.717) is 22.6 Å². The minimum Gasteiger partial charge on any atom is -0.495 e. The minimum absolute atomic E-state index is 0.408. The second kappa shape index (κ2) is 7.67. The van der Waals surface area contributed by atoms with Crippen molar-refractivity contribution in [1.82, 2.24) is 0 Å². The quantitative estimate of drug-likeness (QED) is 0.501. The van der Waals surface area contributed by atoms with E-state index in [9.17, 15) is 9.59 Å². The third-order valence-electron chi connectivity index (χ3n) is 4.67. The van der Waals surface area contributed by atoms with Gasteiger partial charge >= 0.3 is 5.97 Å². The smallest absolute Gasteiger partial charge is 0.338 e. The van der Waals surface area contributed by atoms with Crippen LogP contribution in [0, 0.1) is 6.92 Å². The van der Waals surface area contributed by atoms with E-state index in [1.807, 2.05) is 49.4 Å². The number of rotatable bonds is 5. The van der Waals surface area contributed by atoms with Crippen LogP contribution in [0.5, 0.6) is 5.75 Å². The highest BCUT2D eigenvalue weighted by atomic mass is 16.5. The fourth-order valence-electron chi connectivity index (χ4n) is 3.22. The van der Waals surface area contributed by atoms with Crippen LogP contribution in [0.1, 0.15) is 15.9 Å². The number of hydrogen-bond donors (Lipinski definition) is 1. The lowest BCUT2D eigenvalue weighted by atomic mass is 10.1. The Hall–Kier alpha value is -3.80. The number of methoxy groups -OCH3 is 1. The van der Waals surface area contributed by atoms with Gasteiger partial charge in [-0.05, 0) is 30.7 Å². The van der Waals surface area contributed by atoms with Crippen molar-refractivity contribution in [3.05, 3.63) is 71.8 Å². The molecule has 1 aromatic heterocycles. The molecule has 0 atom stereocenters. The van der Waals surface area contributed by atoms with Gasteiger partial charge in [-0.2, -0.15) is 0 Å². The number of carbonyl (C=O) groups is 2. The first-order valence-corrected chi connectivity index (χ1v) is 9.08. The zero-order valence-corrected chi connectivity index (χ0v) is 16.0. The number of ether oxygens (including phenoxy) is 2. The van der Waals surface area contributed by atoms with Crippen molar-refractivity contribution in [1.29, 1.82) is 0 Å². The molecule has 6 heteroatoms. The van der Waals surface area contributed by atoms with Crippen LogP contribution in [0.2, 0.25) is 0 Å². The van der Waals surface area contributed by atoms with Crippen molar-refractivity contribution in [2.45, 2.75) is 6.92 Å². The molecule has 0 spiro atoms. The molecule has 0 bridgehead atoms. The molecule has 0 aliphatic heterocycles. The van der Waals surface area contributed by atoms with E-state index in [-0.39, 0.29) is 0 Å². The number of furan rings is 1. The van der Waals surface area contributed by atoms with Gasteiger partial charge in [-0.15, -0.1) is 0 Å². The Morgan fingerprint density at radius 3 is 2.52 bits per heavy atom. The number of benzene rings is 3. The molecule has 146 valence electrons. The summed E-state index contributed by atoms with van der Waals surface area (Å²) >= 11 is 0. The molecule has 0 saturated heterocycles. The van der Waals surface area contributed by atoms with Crippen LogP contribution in [0.3, 0.4) is 0 Å². The van der Waals surface area contributed by atoms with E-state index in [1.165, 1.54) is 7.11 Å². The largest absolute Gasteiger partial charge is 0.495 e. The molecule has 0 saturated carbocycles. The predicted octanol–water partition coefficient (Wildman–Crippen LogP) is 4.70. The summed E-state index contributed by atoms with van der Waals surface area (Å²) in [4.78, 5) is 24.5. The Balaban J connectivity index is 1.52. The summed E-state index contributed by atoms with van der Waals surface area (Å²) in [6.07, 6.45) is 0. The van der Waals surface area contributed by atoms with Gasteiger partial charge in [0.2, 0.25) is 0 Å². The average molecular weight is 389 g/mol. The average Bonchev–Trinajstić information content (AvgIpc) is 3.09. The number of nitrogens with one attached hydrogen (secondary N) is 1. The molecule has 1 N–H and O–H groups in total. The third-order valence-corrected chi connectivity index (χ3v) is 4.67. The van der Waals surface area contributed by atoms with Crippen LogP contribution >= 0.6 is 0 Å². The maximum Gasteiger partial charge on any atom is 0.338 e. The van der Waals surface area contributed by atoms with Crippen molar-refractivity contribution in [2.75, 3.05) is 19.0 Å². The number of para-hydroxylation sites is 1. The van der Waals surface area contributed by atoms with Crippen molar-refractivity contribution in [2.24, 2.45) is 0 Å². The zero-order chi connectivity index (χ0) is 20.4. The fourth-order valence-corrected chi connectivity index (χ4v) is 3.22. The minimum atomic E-state index is -0.544. The molecule has 0 fully saturated rings. The van der Waals surface area contributed by atoms with Crippen molar-refractivity contribution >= 4 is 39.5 Å². The topological polar surface area (TPSA) is 77.8 Å². The normalized spacial score (nSPS) is 10.8. The van der Waals surface area contributed by atoms with Crippen molar-refractivity contribution in [3.8, 4) is 5.75 Å². The van der Waals surface area contributed by atoms with Gasteiger partial charge in [-0.25, -0.2) is 4.79 Å². The molecule has 4 rings (SSSR count). The van der Waals surface area contributed by atoms with E-state index in [1.54, 1.807) is 18.2 Å². The van der Waals surface area contributed by atoms with Gasteiger partial charge in [0.15, 0.2) is 6.61 Å². The Bertz CT molecular complexity index is 1220. The number of aryl methyl sites for hydroxylation is 1. The van der Waals surface area contributed by atoms with Gasteiger partial charge in [0.25, 0.3) is 5.91 Å². The van der Waals surface area contributed by atoms with E-state index in [2.05, 4.69) is 5.32 Å². The Morgan fingerprint density at radius 2 is 1.72 bits per heavy atom. The summed E-state index contributed by atoms with van der Waals surface area (Å²) in [6.45, 7) is 1.40. The summed E-state index contributed by atoms with van der Waals surface area (Å²) in [6, 6.07) is 18.2. The lowest BCUT2D eigenvalue weighted by molar-refractivity contribution is -0.119. The van der Waals surface area contributed by atoms with E-state index >= 15 is 0 Å². The van der Waals surface area contributed by atoms with Gasteiger partial charge in [0, 0.05) is 16.8 Å². The van der Waals surface area contributed by atoms with E-state index in [0.717, 1.165) is 21.9 Å². The van der Waals surface area contributed by atoms with Crippen LogP contribution in [-0.2, 0) is 9.53 Å². The molecule has 3 aromatic carbocycles. The summed E-state index contributed by atoms with van der Waals surface area (Å²) in [7, 11) is 1.53. The SMILES string of the molecule is COc1cc2c(cc1NC(=O)COC(=O)c1ccccc1C)oc1ccccc12. The highest BCUT2D eigenvalue weighted by Crippen LogP contribution is 2.36. The molecular formula is C23H19NO5. The van der Waals surface area contributed by atoms with Crippen molar-refractivity contribution < 1.29 is 23.5 Å². The molecule has 1 amide bonds. The van der Waals surface area contributed by atoms with Gasteiger partial charge in [0.1, 0.15) is 16.9 Å². The number of anilines is 1. The molecule has 0 unspecified atom stereocenters. The molecule has 0 radical (unpaired) electrons. The monoisotopic (exact) mass is 389 g/mol. The van der Waals surface area contributed by atoms with E-state index in [4.69, 9.17) is 13.9 Å². The zero-order valence-electron chi connectivity index (χ0n) is 16.0. The molecule has 0 aliphatic carbocycles. The highest BCUT2D eigenvalue weighted by Gasteiger charge is 2.16. The molecule has 29 heavy (non-hydrogen) atoms. The third kappa shape index (κ3) is 3.65. The second-order valence-corrected chi connectivity index (χ2v) is 6.59. The molecule has 1 heterocycles. The number of hydrogen-bond acceptors (Lipinski definition) is 5. The van der Waals surface area contributed by atoms with Crippen LogP contribution in [0.15, 0.2) is 65.1 Å². The lowest BCUT2D eigenvalue weighted by Gasteiger charge is -2.11. The number of amides is 1. The predicted molar refractivity (Wildman–Crippen MR) is 110 cm³/mol.